The van der Waals surface area contributed by atoms with Gasteiger partial charge in [0.05, 0.1) is 16.7 Å². The Bertz CT molecular complexity index is 1220. The molecule has 2 aromatic rings. The molecule has 0 bridgehead atoms. The lowest BCUT2D eigenvalue weighted by Crippen LogP contribution is -2.44. The summed E-state index contributed by atoms with van der Waals surface area (Å²) in [6, 6.07) is 2.19. The molecule has 28 heavy (non-hydrogen) atoms. The van der Waals surface area contributed by atoms with Gasteiger partial charge in [0, 0.05) is 48.8 Å². The third-order valence-electron chi connectivity index (χ3n) is 4.01. The fraction of sp³-hybridized carbons (Fsp3) is 0.389. The smallest absolute Gasteiger partial charge is 0.416 e. The number of ether oxygens (including phenoxy) is 1. The molecule has 4 rings (SSSR count). The van der Waals surface area contributed by atoms with Gasteiger partial charge in [-0.3, -0.25) is 5.32 Å². The molecule has 0 aliphatic carbocycles. The fourth-order valence-electron chi connectivity index (χ4n) is 2.83. The molecule has 0 radical (unpaired) electrons. The first-order chi connectivity index (χ1) is 16.3. The van der Waals surface area contributed by atoms with Crippen LogP contribution in [0.4, 0.5) is 29.6 Å². The second kappa shape index (κ2) is 6.93. The Kier molecular flexibility index (Phi) is 2.77. The summed E-state index contributed by atoms with van der Waals surface area (Å²) in [6.45, 7) is -11.9. The first-order valence-electron chi connectivity index (χ1n) is 12.0. The summed E-state index contributed by atoms with van der Waals surface area (Å²) < 4.78 is 111. The van der Waals surface area contributed by atoms with Crippen molar-refractivity contribution in [1.82, 2.24) is 15.3 Å². The maximum absolute atomic E-state index is 13.9. The van der Waals surface area contributed by atoms with Crippen molar-refractivity contribution in [2.75, 3.05) is 36.2 Å². The summed E-state index contributed by atoms with van der Waals surface area (Å²) in [5.74, 6) is -1.03. The largest absolute Gasteiger partial charge is 0.441 e. The minimum absolute atomic E-state index is 0.0119. The van der Waals surface area contributed by atoms with Crippen LogP contribution in [0.1, 0.15) is 35.1 Å². The van der Waals surface area contributed by atoms with E-state index in [1.54, 1.807) is 5.32 Å². The van der Waals surface area contributed by atoms with Crippen molar-refractivity contribution in [1.29, 1.82) is 0 Å². The highest BCUT2D eigenvalue weighted by atomic mass is 19.4. The molecule has 0 unspecified atom stereocenters. The van der Waals surface area contributed by atoms with Gasteiger partial charge in [-0.15, -0.1) is 0 Å². The zero-order valence-corrected chi connectivity index (χ0v) is 14.2. The van der Waals surface area contributed by atoms with Crippen molar-refractivity contribution in [2.24, 2.45) is 0 Å². The summed E-state index contributed by atoms with van der Waals surface area (Å²) in [7, 11) is 0. The van der Waals surface area contributed by atoms with Gasteiger partial charge in [0.15, 0.2) is 0 Å². The average Bonchev–Trinajstić information content (AvgIpc) is 2.70. The number of amides is 1. The Morgan fingerprint density at radius 1 is 1.32 bits per heavy atom. The zero-order valence-electron chi connectivity index (χ0n) is 22.2. The van der Waals surface area contributed by atoms with E-state index in [0.717, 1.165) is 0 Å². The number of piperazine rings is 1. The van der Waals surface area contributed by atoms with E-state index >= 15 is 0 Å². The molecule has 0 aromatic carbocycles. The molecular weight excluding hydrogens is 375 g/mol. The lowest BCUT2D eigenvalue weighted by atomic mass is 9.99. The van der Waals surface area contributed by atoms with Gasteiger partial charge in [-0.1, -0.05) is 0 Å². The Hall–Kier alpha value is -2.88. The van der Waals surface area contributed by atoms with Crippen LogP contribution in [0.5, 0.6) is 0 Å². The second-order valence-corrected chi connectivity index (χ2v) is 5.82. The van der Waals surface area contributed by atoms with Crippen LogP contribution in [0.3, 0.4) is 0 Å². The predicted octanol–water partition coefficient (Wildman–Crippen LogP) is 3.20. The van der Waals surface area contributed by atoms with E-state index in [1.165, 1.54) is 19.2 Å². The molecule has 148 valence electrons. The van der Waals surface area contributed by atoms with Gasteiger partial charge in [-0.2, -0.15) is 13.2 Å². The van der Waals surface area contributed by atoms with E-state index in [-0.39, 0.29) is 21.8 Å². The topological polar surface area (TPSA) is 79.4 Å². The van der Waals surface area contributed by atoms with E-state index in [1.807, 2.05) is 0 Å². The number of carbonyl (C=O) groups is 1. The first kappa shape index (κ1) is 11.2. The van der Waals surface area contributed by atoms with Crippen molar-refractivity contribution in [2.45, 2.75) is 19.2 Å². The van der Waals surface area contributed by atoms with Gasteiger partial charge in [0.25, 0.3) is 0 Å². The lowest BCUT2D eigenvalue weighted by molar-refractivity contribution is -0.137. The highest BCUT2D eigenvalue weighted by Crippen LogP contribution is 2.39. The number of cyclic esters (lactones) is 1. The maximum Gasteiger partial charge on any atom is 0.416 e. The molecule has 1 atom stereocenters. The Balaban J connectivity index is 2.01. The number of hydrogen-bond donors (Lipinski definition) is 2. The molecule has 0 spiro atoms. The highest BCUT2D eigenvalue weighted by Gasteiger charge is 2.34. The molecule has 1 fully saturated rings. The van der Waals surface area contributed by atoms with Crippen LogP contribution in [0.2, 0.25) is 0 Å². The molecule has 4 heterocycles. The van der Waals surface area contributed by atoms with Crippen molar-refractivity contribution < 1.29 is 33.7 Å². The van der Waals surface area contributed by atoms with Crippen LogP contribution in [0, 0.1) is 0 Å². The van der Waals surface area contributed by atoms with Crippen molar-refractivity contribution in [3.8, 4) is 11.3 Å². The summed E-state index contributed by atoms with van der Waals surface area (Å²) in [6.07, 6.45) is -5.67. The zero-order chi connectivity index (χ0) is 27.1. The third kappa shape index (κ3) is 3.47. The third-order valence-corrected chi connectivity index (χ3v) is 4.01. The number of nitrogens with one attached hydrogen (secondary N) is 2. The van der Waals surface area contributed by atoms with E-state index in [2.05, 4.69) is 15.3 Å². The summed E-state index contributed by atoms with van der Waals surface area (Å²) >= 11 is 0. The van der Waals surface area contributed by atoms with Crippen molar-refractivity contribution in [3.05, 3.63) is 35.5 Å². The van der Waals surface area contributed by atoms with Gasteiger partial charge in [-0.25, -0.2) is 14.8 Å². The molecule has 1 saturated heterocycles. The minimum atomic E-state index is -5.03. The summed E-state index contributed by atoms with van der Waals surface area (Å²) in [5, 5.41) is 3.93. The Morgan fingerprint density at radius 2 is 2.07 bits per heavy atom. The first-order valence-corrected chi connectivity index (χ1v) is 7.95. The number of fused-ring (bicyclic) bond motifs is 1. The molecule has 2 aliphatic rings. The number of anilines is 2. The van der Waals surface area contributed by atoms with Crippen molar-refractivity contribution in [3.63, 3.8) is 0 Å². The highest BCUT2D eigenvalue weighted by molar-refractivity contribution is 5.89. The number of halogens is 3. The van der Waals surface area contributed by atoms with E-state index in [0.29, 0.717) is 12.1 Å². The van der Waals surface area contributed by atoms with Crippen LogP contribution in [-0.4, -0.2) is 42.0 Å². The minimum Gasteiger partial charge on any atom is -0.441 e. The van der Waals surface area contributed by atoms with Crippen LogP contribution in [0.15, 0.2) is 24.4 Å². The van der Waals surface area contributed by atoms with Crippen LogP contribution < -0.4 is 15.5 Å². The van der Waals surface area contributed by atoms with E-state index in [9.17, 15) is 18.0 Å². The van der Waals surface area contributed by atoms with Gasteiger partial charge < -0.3 is 15.0 Å². The number of pyridine rings is 2. The quantitative estimate of drug-likeness (QED) is 0.805. The van der Waals surface area contributed by atoms with E-state index < -0.39 is 61.4 Å². The Morgan fingerprint density at radius 3 is 2.79 bits per heavy atom. The molecule has 0 saturated carbocycles. The van der Waals surface area contributed by atoms with Crippen LogP contribution >= 0.6 is 0 Å². The normalized spacial score (nSPS) is 31.1. The predicted molar refractivity (Wildman–Crippen MR) is 96.1 cm³/mol. The molecule has 2 N–H and O–H groups in total. The number of rotatable bonds is 2. The number of aromatic nitrogens is 2. The number of hydrogen-bond acceptors (Lipinski definition) is 6. The fourth-order valence-corrected chi connectivity index (χ4v) is 2.83. The van der Waals surface area contributed by atoms with Crippen molar-refractivity contribution >= 4 is 17.7 Å². The average molecular weight is 401 g/mol. The Labute approximate surface area is 170 Å². The number of alkyl halides is 3. The molecule has 7 nitrogen and oxygen atoms in total. The van der Waals surface area contributed by atoms with Gasteiger partial charge in [-0.05, 0) is 25.1 Å². The summed E-state index contributed by atoms with van der Waals surface area (Å²) in [4.78, 5) is 19.6. The summed E-state index contributed by atoms with van der Waals surface area (Å²) in [5.41, 5.74) is -1.70. The molecule has 2 aliphatic heterocycles. The number of carbonyl (C=O) groups excluding carboxylic acids is 1. The van der Waals surface area contributed by atoms with Gasteiger partial charge in [0.2, 0.25) is 0 Å². The SMILES string of the molecule is [2H]C1([2H])NC([2H])([2H])C([2H])([2H])N(c2cc(C(F)(F)F)cc(-c3ccnc4c3[C@H](C)OC(=O)N4)n2)C1([2H])[2H]. The van der Waals surface area contributed by atoms with Gasteiger partial charge >= 0.3 is 12.3 Å². The maximum atomic E-state index is 13.9. The second-order valence-electron chi connectivity index (χ2n) is 5.82. The van der Waals surface area contributed by atoms with Crippen LogP contribution in [-0.2, 0) is 10.9 Å². The number of nitrogens with zero attached hydrogens (tertiary/aromatic N) is 3. The standard InChI is InChI=1S/C18H18F3N5O2/c1-10-15-12(2-3-23-16(15)25-17(27)28-10)13-8-11(18(19,20)21)9-14(24-13)26-6-4-22-5-7-26/h2-3,8-10,22H,4-7H2,1H3,(H,23,25,27)/t10-/m0/s1/i4D2,5D2,6D2,7D2. The monoisotopic (exact) mass is 401 g/mol. The van der Waals surface area contributed by atoms with E-state index in [4.69, 9.17) is 15.7 Å². The molecule has 10 heteroatoms. The molecular formula is C18H18F3N5O2. The lowest BCUT2D eigenvalue weighted by Gasteiger charge is -2.30. The molecule has 1 amide bonds. The van der Waals surface area contributed by atoms with Gasteiger partial charge in [0.1, 0.15) is 17.7 Å². The van der Waals surface area contributed by atoms with Crippen LogP contribution in [0.25, 0.3) is 11.3 Å². The molecule has 2 aromatic heterocycles.